The van der Waals surface area contributed by atoms with Crippen LogP contribution in [0.4, 0.5) is 5.69 Å². The smallest absolute Gasteiger partial charge is 0.258 e. The second-order valence-corrected chi connectivity index (χ2v) is 5.20. The number of nitrogens with zero attached hydrogens (tertiary/aromatic N) is 4. The molecular weight excluding hydrogens is 282 g/mol. The zero-order valence-corrected chi connectivity index (χ0v) is 13.0. The second-order valence-electron chi connectivity index (χ2n) is 5.20. The minimum absolute atomic E-state index is 0.222. The van der Waals surface area contributed by atoms with Crippen LogP contribution in [0.2, 0.25) is 0 Å². The van der Waals surface area contributed by atoms with Crippen molar-refractivity contribution in [3.05, 3.63) is 34.9 Å². The maximum Gasteiger partial charge on any atom is 0.258 e. The van der Waals surface area contributed by atoms with E-state index >= 15 is 0 Å². The van der Waals surface area contributed by atoms with Gasteiger partial charge in [0.15, 0.2) is 0 Å². The number of nitrogens with one attached hydrogen (secondary N) is 1. The van der Waals surface area contributed by atoms with E-state index in [1.54, 1.807) is 17.7 Å². The van der Waals surface area contributed by atoms with Crippen molar-refractivity contribution >= 4 is 22.7 Å². The molecule has 0 aliphatic carbocycles. The van der Waals surface area contributed by atoms with Crippen LogP contribution in [0.15, 0.2) is 16.8 Å². The standard InChI is InChI=1S/C15H17N5O2/c1-5-20-7-12(9(3)18-20)17-14(21)11-6-8(2)16-15-13(11)10(4)19-22-15/h6-7H,5H2,1-4H3,(H,17,21). The summed E-state index contributed by atoms with van der Waals surface area (Å²) in [6.07, 6.45) is 1.82. The van der Waals surface area contributed by atoms with Crippen molar-refractivity contribution in [2.75, 3.05) is 5.32 Å². The number of carbonyl (C=O) groups excluding carboxylic acids is 1. The molecule has 0 bridgehead atoms. The predicted octanol–water partition coefficient (Wildman–Crippen LogP) is 2.62. The van der Waals surface area contributed by atoms with E-state index in [0.717, 1.165) is 12.2 Å². The number of pyridine rings is 1. The van der Waals surface area contributed by atoms with Gasteiger partial charge in [-0.2, -0.15) is 5.10 Å². The molecular formula is C15H17N5O2. The Morgan fingerprint density at radius 1 is 1.32 bits per heavy atom. The van der Waals surface area contributed by atoms with Gasteiger partial charge in [0.1, 0.15) is 0 Å². The van der Waals surface area contributed by atoms with Crippen molar-refractivity contribution < 1.29 is 9.32 Å². The highest BCUT2D eigenvalue weighted by Crippen LogP contribution is 2.23. The molecule has 0 saturated carbocycles. The molecule has 22 heavy (non-hydrogen) atoms. The van der Waals surface area contributed by atoms with E-state index in [9.17, 15) is 4.79 Å². The van der Waals surface area contributed by atoms with E-state index in [4.69, 9.17) is 4.52 Å². The first-order valence-electron chi connectivity index (χ1n) is 7.08. The normalized spacial score (nSPS) is 11.1. The number of amides is 1. The van der Waals surface area contributed by atoms with Crippen LogP contribution in [0.3, 0.4) is 0 Å². The van der Waals surface area contributed by atoms with Crippen LogP contribution in [0.25, 0.3) is 11.1 Å². The first-order valence-corrected chi connectivity index (χ1v) is 7.08. The molecule has 0 aromatic carbocycles. The predicted molar refractivity (Wildman–Crippen MR) is 81.9 cm³/mol. The number of fused-ring (bicyclic) bond motifs is 1. The molecule has 0 aliphatic heterocycles. The summed E-state index contributed by atoms with van der Waals surface area (Å²) in [6, 6.07) is 1.74. The van der Waals surface area contributed by atoms with Gasteiger partial charge in [-0.25, -0.2) is 4.98 Å². The second kappa shape index (κ2) is 5.25. The van der Waals surface area contributed by atoms with Crippen molar-refractivity contribution in [2.45, 2.75) is 34.2 Å². The first-order chi connectivity index (χ1) is 10.5. The Hall–Kier alpha value is -2.70. The number of hydrogen-bond donors (Lipinski definition) is 1. The maximum absolute atomic E-state index is 12.6. The molecule has 1 amide bonds. The van der Waals surface area contributed by atoms with E-state index in [2.05, 4.69) is 20.6 Å². The monoisotopic (exact) mass is 299 g/mol. The molecule has 114 valence electrons. The van der Waals surface area contributed by atoms with Gasteiger partial charge >= 0.3 is 0 Å². The summed E-state index contributed by atoms with van der Waals surface area (Å²) in [7, 11) is 0. The largest absolute Gasteiger partial charge is 0.336 e. The summed E-state index contributed by atoms with van der Waals surface area (Å²) >= 11 is 0. The molecule has 0 spiro atoms. The van der Waals surface area contributed by atoms with Gasteiger partial charge < -0.3 is 9.84 Å². The van der Waals surface area contributed by atoms with E-state index in [-0.39, 0.29) is 5.91 Å². The summed E-state index contributed by atoms with van der Waals surface area (Å²) in [5.74, 6) is -0.222. The van der Waals surface area contributed by atoms with E-state index in [1.165, 1.54) is 0 Å². The van der Waals surface area contributed by atoms with Crippen LogP contribution in [-0.4, -0.2) is 25.8 Å². The molecule has 0 unspecified atom stereocenters. The van der Waals surface area contributed by atoms with Gasteiger partial charge in [0.05, 0.1) is 28.0 Å². The van der Waals surface area contributed by atoms with E-state index in [1.807, 2.05) is 27.0 Å². The van der Waals surface area contributed by atoms with Gasteiger partial charge in [-0.3, -0.25) is 9.48 Å². The lowest BCUT2D eigenvalue weighted by Gasteiger charge is -2.05. The van der Waals surface area contributed by atoms with Crippen LogP contribution < -0.4 is 5.32 Å². The number of aryl methyl sites for hydroxylation is 4. The van der Waals surface area contributed by atoms with Gasteiger partial charge in [-0.05, 0) is 33.8 Å². The van der Waals surface area contributed by atoms with Crippen molar-refractivity contribution in [3.8, 4) is 0 Å². The Labute approximate surface area is 127 Å². The van der Waals surface area contributed by atoms with Gasteiger partial charge in [-0.1, -0.05) is 5.16 Å². The zero-order chi connectivity index (χ0) is 15.9. The van der Waals surface area contributed by atoms with Crippen molar-refractivity contribution in [1.82, 2.24) is 19.9 Å². The summed E-state index contributed by atoms with van der Waals surface area (Å²) in [6.45, 7) is 8.21. The van der Waals surface area contributed by atoms with E-state index in [0.29, 0.717) is 33.7 Å². The minimum Gasteiger partial charge on any atom is -0.336 e. The molecule has 0 aliphatic rings. The third-order valence-electron chi connectivity index (χ3n) is 3.51. The van der Waals surface area contributed by atoms with Crippen molar-refractivity contribution in [2.24, 2.45) is 0 Å². The molecule has 3 heterocycles. The van der Waals surface area contributed by atoms with Gasteiger partial charge in [0, 0.05) is 18.4 Å². The first kappa shape index (κ1) is 14.2. The number of aromatic nitrogens is 4. The lowest BCUT2D eigenvalue weighted by molar-refractivity contribution is 0.102. The summed E-state index contributed by atoms with van der Waals surface area (Å²) in [5.41, 5.74) is 3.71. The molecule has 7 nitrogen and oxygen atoms in total. The molecule has 7 heteroatoms. The Bertz CT molecular complexity index is 862. The lowest BCUT2D eigenvalue weighted by Crippen LogP contribution is -2.13. The highest BCUT2D eigenvalue weighted by Gasteiger charge is 2.19. The van der Waals surface area contributed by atoms with Crippen molar-refractivity contribution in [3.63, 3.8) is 0 Å². The van der Waals surface area contributed by atoms with Gasteiger partial charge in [-0.15, -0.1) is 0 Å². The Balaban J connectivity index is 2.01. The van der Waals surface area contributed by atoms with Crippen LogP contribution in [0.5, 0.6) is 0 Å². The average molecular weight is 299 g/mol. The molecule has 3 aromatic heterocycles. The van der Waals surface area contributed by atoms with Crippen LogP contribution in [-0.2, 0) is 6.54 Å². The fraction of sp³-hybridized carbons (Fsp3) is 0.333. The third-order valence-corrected chi connectivity index (χ3v) is 3.51. The maximum atomic E-state index is 12.6. The number of hydrogen-bond acceptors (Lipinski definition) is 5. The molecule has 1 N–H and O–H groups in total. The summed E-state index contributed by atoms with van der Waals surface area (Å²) in [5, 5.41) is 11.8. The van der Waals surface area contributed by atoms with Gasteiger partial charge in [0.25, 0.3) is 11.6 Å². The third kappa shape index (κ3) is 2.34. The van der Waals surface area contributed by atoms with Gasteiger partial charge in [0.2, 0.25) is 0 Å². The van der Waals surface area contributed by atoms with Crippen LogP contribution >= 0.6 is 0 Å². The summed E-state index contributed by atoms with van der Waals surface area (Å²) in [4.78, 5) is 16.9. The number of rotatable bonds is 3. The molecule has 3 aromatic rings. The summed E-state index contributed by atoms with van der Waals surface area (Å²) < 4.78 is 6.94. The van der Waals surface area contributed by atoms with Crippen LogP contribution in [0.1, 0.15) is 34.4 Å². The Morgan fingerprint density at radius 3 is 2.77 bits per heavy atom. The molecule has 0 saturated heterocycles. The quantitative estimate of drug-likeness (QED) is 0.803. The molecule has 0 fully saturated rings. The number of carbonyl (C=O) groups is 1. The van der Waals surface area contributed by atoms with E-state index < -0.39 is 0 Å². The fourth-order valence-corrected chi connectivity index (χ4v) is 2.39. The highest BCUT2D eigenvalue weighted by atomic mass is 16.5. The molecule has 0 radical (unpaired) electrons. The molecule has 3 rings (SSSR count). The lowest BCUT2D eigenvalue weighted by atomic mass is 10.1. The topological polar surface area (TPSA) is 85.8 Å². The SMILES string of the molecule is CCn1cc(NC(=O)c2cc(C)nc3onc(C)c23)c(C)n1. The fourth-order valence-electron chi connectivity index (χ4n) is 2.39. The molecule has 0 atom stereocenters. The number of anilines is 1. The highest BCUT2D eigenvalue weighted by molar-refractivity contribution is 6.12. The average Bonchev–Trinajstić information content (AvgIpc) is 3.02. The Morgan fingerprint density at radius 2 is 2.09 bits per heavy atom. The Kier molecular flexibility index (Phi) is 3.40. The zero-order valence-electron chi connectivity index (χ0n) is 13.0. The van der Waals surface area contributed by atoms with Crippen LogP contribution in [0, 0.1) is 20.8 Å². The van der Waals surface area contributed by atoms with Crippen molar-refractivity contribution in [1.29, 1.82) is 0 Å². The minimum atomic E-state index is -0.222.